The highest BCUT2D eigenvalue weighted by Crippen LogP contribution is 2.59. The van der Waals surface area contributed by atoms with E-state index >= 15 is 0 Å². The number of hydrogen-bond acceptors (Lipinski definition) is 6. The van der Waals surface area contributed by atoms with Gasteiger partial charge in [0.25, 0.3) is 0 Å². The molecule has 3 heterocycles. The largest absolute Gasteiger partial charge is 0.310 e. The third-order valence-corrected chi connectivity index (χ3v) is 19.2. The van der Waals surface area contributed by atoms with Crippen LogP contribution in [0.5, 0.6) is 0 Å². The minimum Gasteiger partial charge on any atom is -0.310 e. The Balaban J connectivity index is 0.773. The van der Waals surface area contributed by atoms with Gasteiger partial charge in [0.1, 0.15) is 0 Å². The Kier molecular flexibility index (Phi) is 13.2. The van der Waals surface area contributed by atoms with Crippen LogP contribution in [-0.2, 0) is 0 Å². The number of para-hydroxylation sites is 12. The van der Waals surface area contributed by atoms with Crippen molar-refractivity contribution >= 4 is 146 Å². The number of hydrogen-bond donors (Lipinski definition) is 0. The van der Waals surface area contributed by atoms with Crippen molar-refractivity contribution in [3.63, 3.8) is 0 Å². The first kappa shape index (κ1) is 55.3. The van der Waals surface area contributed by atoms with Gasteiger partial charge >= 0.3 is 0 Å². The van der Waals surface area contributed by atoms with Crippen molar-refractivity contribution in [1.29, 1.82) is 0 Å². The Morgan fingerprint density at radius 2 is 0.505 bits per heavy atom. The summed E-state index contributed by atoms with van der Waals surface area (Å²) in [6.45, 7) is 4.62. The molecule has 7 heteroatoms. The van der Waals surface area contributed by atoms with E-state index in [9.17, 15) is 0 Å². The number of benzene rings is 15. The molecule has 450 valence electrons. The summed E-state index contributed by atoms with van der Waals surface area (Å²) in [7, 11) is 0. The monoisotopic (exact) mass is 1220 g/mol. The normalized spacial score (nSPS) is 12.4. The van der Waals surface area contributed by atoms with Gasteiger partial charge in [0, 0.05) is 73.3 Å². The maximum atomic E-state index is 2.51. The maximum Gasteiger partial charge on any atom is 0.0724 e. The molecule has 0 spiro atoms. The summed E-state index contributed by atoms with van der Waals surface area (Å²) in [5.41, 5.74) is 25.5. The molecule has 0 fully saturated rings. The van der Waals surface area contributed by atoms with Gasteiger partial charge in [-0.05, 0) is 222 Å². The van der Waals surface area contributed by atoms with E-state index in [0.717, 1.165) is 119 Å². The van der Waals surface area contributed by atoms with Crippen LogP contribution in [0, 0.1) is 13.8 Å². The second-order valence-corrected chi connectivity index (χ2v) is 24.6. The summed E-state index contributed by atoms with van der Waals surface area (Å²) in [4.78, 5) is 14.5. The average Bonchev–Trinajstić information content (AvgIpc) is 1.71. The molecule has 2 aliphatic rings. The lowest BCUT2D eigenvalue weighted by molar-refractivity contribution is 1.15. The zero-order valence-electron chi connectivity index (χ0n) is 52.5. The number of fused-ring (bicyclic) bond motifs is 9. The molecule has 1 aromatic heterocycles. The fraction of sp³-hybridized carbons (Fsp3) is 0.0227. The van der Waals surface area contributed by atoms with Crippen molar-refractivity contribution in [2.24, 2.45) is 0 Å². The summed E-state index contributed by atoms with van der Waals surface area (Å²) in [5.74, 6) is 0. The van der Waals surface area contributed by atoms with Crippen LogP contribution in [0.25, 0.3) is 49.0 Å². The molecule has 0 unspecified atom stereocenters. The third kappa shape index (κ3) is 9.11. The fourth-order valence-corrected chi connectivity index (χ4v) is 15.0. The average molecular weight is 1220 g/mol. The lowest BCUT2D eigenvalue weighted by Crippen LogP contribution is -2.24. The number of nitrogens with zero attached hydrogens (tertiary/aromatic N) is 7. The van der Waals surface area contributed by atoms with E-state index in [0.29, 0.717) is 0 Å². The van der Waals surface area contributed by atoms with Crippen LogP contribution in [0.3, 0.4) is 0 Å². The maximum absolute atomic E-state index is 2.51. The Morgan fingerprint density at radius 1 is 0.189 bits per heavy atom. The van der Waals surface area contributed by atoms with Crippen molar-refractivity contribution in [3.05, 3.63) is 357 Å². The molecule has 0 atom stereocenters. The van der Waals surface area contributed by atoms with Crippen LogP contribution in [0.2, 0.25) is 0 Å². The van der Waals surface area contributed by atoms with Crippen molar-refractivity contribution in [1.82, 2.24) is 4.57 Å². The number of rotatable bonds is 11. The second kappa shape index (κ2) is 22.7. The molecule has 95 heavy (non-hydrogen) atoms. The van der Waals surface area contributed by atoms with Crippen LogP contribution in [0.15, 0.2) is 346 Å². The third-order valence-electron chi connectivity index (χ3n) is 19.2. The number of aryl methyl sites for hydroxylation is 2. The van der Waals surface area contributed by atoms with Gasteiger partial charge in [-0.15, -0.1) is 0 Å². The Labute approximate surface area is 552 Å². The standard InChI is InChI=1S/C88H63N7/c1-60-74-53-51-72(57-77(74)61(2)73-52-50-71(56-76(60)73)93-82-46-22-20-44-80(82)92(81-45-21-23-47-83(81)93)69-40-26-38-67(54-69)89(62-28-8-3-9-29-62)63-30-10-4-11-31-63)95-85-49-25-24-48-84(85)94(70-41-27-39-68(55-70)90(64-32-12-5-13-33-64)65-34-14-6-15-35-65)87-58-78-75-42-18-19-43-79(75)91(86(78)59-88(87)95)66-36-16-7-17-37-66/h3-59H,1-2H3. The molecule has 15 aromatic carbocycles. The predicted octanol–water partition coefficient (Wildman–Crippen LogP) is 25.2. The van der Waals surface area contributed by atoms with Gasteiger partial charge in [-0.1, -0.05) is 170 Å². The van der Waals surface area contributed by atoms with Crippen molar-refractivity contribution in [2.45, 2.75) is 13.8 Å². The number of anilines is 18. The van der Waals surface area contributed by atoms with Crippen LogP contribution in [-0.4, -0.2) is 4.57 Å². The summed E-state index contributed by atoms with van der Waals surface area (Å²) >= 11 is 0. The molecule has 18 rings (SSSR count). The van der Waals surface area contributed by atoms with E-state index in [1.165, 1.54) is 43.4 Å². The predicted molar refractivity (Wildman–Crippen MR) is 400 cm³/mol. The van der Waals surface area contributed by atoms with Crippen LogP contribution in [0.1, 0.15) is 11.1 Å². The van der Waals surface area contributed by atoms with Gasteiger partial charge in [-0.25, -0.2) is 0 Å². The molecular formula is C88H63N7. The highest BCUT2D eigenvalue weighted by atomic mass is 15.3. The lowest BCUT2D eigenvalue weighted by Gasteiger charge is -2.41. The van der Waals surface area contributed by atoms with E-state index < -0.39 is 0 Å². The highest BCUT2D eigenvalue weighted by molar-refractivity contribution is 6.16. The first-order valence-electron chi connectivity index (χ1n) is 32.6. The molecule has 0 aliphatic carbocycles. The van der Waals surface area contributed by atoms with Gasteiger partial charge in [0.2, 0.25) is 0 Å². The van der Waals surface area contributed by atoms with Crippen LogP contribution < -0.4 is 29.4 Å². The molecule has 2 aliphatic heterocycles. The molecule has 0 bridgehead atoms. The zero-order valence-corrected chi connectivity index (χ0v) is 52.5. The second-order valence-electron chi connectivity index (χ2n) is 24.6. The van der Waals surface area contributed by atoms with E-state index in [4.69, 9.17) is 0 Å². The minimum absolute atomic E-state index is 1.06. The lowest BCUT2D eigenvalue weighted by atomic mass is 9.91. The van der Waals surface area contributed by atoms with E-state index in [2.05, 4.69) is 394 Å². The smallest absolute Gasteiger partial charge is 0.0724 e. The van der Waals surface area contributed by atoms with Gasteiger partial charge in [0.15, 0.2) is 0 Å². The zero-order chi connectivity index (χ0) is 63.1. The van der Waals surface area contributed by atoms with Gasteiger partial charge in [-0.3, -0.25) is 0 Å². The molecule has 0 amide bonds. The summed E-state index contributed by atoms with van der Waals surface area (Å²) in [6.07, 6.45) is 0. The quantitative estimate of drug-likeness (QED) is 0.120. The topological polar surface area (TPSA) is 24.4 Å². The molecular weight excluding hydrogens is 1160 g/mol. The fourth-order valence-electron chi connectivity index (χ4n) is 15.0. The molecule has 16 aromatic rings. The molecule has 0 saturated carbocycles. The first-order chi connectivity index (χ1) is 47.0. The SMILES string of the molecule is Cc1c2ccc(N3c4ccccc4N(c4cccc(N(c5ccccc5)c5ccccc5)c4)c4cc5c6ccccc6n(-c6ccccc6)c5cc43)cc2c(C)c2ccc(N3c4ccccc4N(c4cccc(N(c5ccccc5)c5ccccc5)c4)c4ccccc43)cc12. The van der Waals surface area contributed by atoms with Gasteiger partial charge in [0.05, 0.1) is 56.5 Å². The van der Waals surface area contributed by atoms with Crippen LogP contribution in [0.4, 0.5) is 102 Å². The molecule has 7 nitrogen and oxygen atoms in total. The minimum atomic E-state index is 1.06. The van der Waals surface area contributed by atoms with E-state index in [-0.39, 0.29) is 0 Å². The van der Waals surface area contributed by atoms with Crippen molar-refractivity contribution < 1.29 is 0 Å². The molecule has 0 radical (unpaired) electrons. The van der Waals surface area contributed by atoms with E-state index in [1.807, 2.05) is 0 Å². The summed E-state index contributed by atoms with van der Waals surface area (Å²) in [5, 5.41) is 7.30. The highest BCUT2D eigenvalue weighted by Gasteiger charge is 2.35. The van der Waals surface area contributed by atoms with Crippen molar-refractivity contribution in [2.75, 3.05) is 29.4 Å². The molecule has 0 N–H and O–H groups in total. The Bertz CT molecular complexity index is 5490. The summed E-state index contributed by atoms with van der Waals surface area (Å²) in [6, 6.07) is 126. The van der Waals surface area contributed by atoms with Gasteiger partial charge in [-0.2, -0.15) is 0 Å². The Morgan fingerprint density at radius 3 is 0.916 bits per heavy atom. The number of aromatic nitrogens is 1. The molecule has 0 saturated heterocycles. The summed E-state index contributed by atoms with van der Waals surface area (Å²) < 4.78 is 2.43. The van der Waals surface area contributed by atoms with E-state index in [1.54, 1.807) is 0 Å². The first-order valence-corrected chi connectivity index (χ1v) is 32.6. The van der Waals surface area contributed by atoms with Crippen molar-refractivity contribution in [3.8, 4) is 5.69 Å². The Hall–Kier alpha value is -12.6. The van der Waals surface area contributed by atoms with Gasteiger partial charge < -0.3 is 34.0 Å². The van der Waals surface area contributed by atoms with Crippen LogP contribution >= 0.6 is 0 Å².